The molecule has 4 bridgehead atoms. The number of methoxy groups -OCH3 is 1. The van der Waals surface area contributed by atoms with E-state index in [2.05, 4.69) is 44.0 Å². The van der Waals surface area contributed by atoms with E-state index in [9.17, 15) is 4.79 Å². The zero-order chi connectivity index (χ0) is 18.0. The molecule has 1 saturated carbocycles. The molecule has 2 saturated heterocycles. The third kappa shape index (κ3) is 2.06. The lowest BCUT2D eigenvalue weighted by Crippen LogP contribution is -2.73. The van der Waals surface area contributed by atoms with Gasteiger partial charge in [-0.3, -0.25) is 9.69 Å². The molecule has 1 aromatic rings. The third-order valence-corrected chi connectivity index (χ3v) is 7.65. The van der Waals surface area contributed by atoms with Crippen molar-refractivity contribution in [3.8, 4) is 5.75 Å². The van der Waals surface area contributed by atoms with E-state index in [1.54, 1.807) is 7.11 Å². The summed E-state index contributed by atoms with van der Waals surface area (Å²) < 4.78 is 10.8. The number of fused-ring (bicyclic) bond motifs is 2. The Morgan fingerprint density at radius 2 is 2.08 bits per heavy atom. The largest absolute Gasteiger partial charge is 0.497 e. The summed E-state index contributed by atoms with van der Waals surface area (Å²) in [4.78, 5) is 15.0. The second-order valence-electron chi connectivity index (χ2n) is 8.49. The Balaban J connectivity index is 1.79. The van der Waals surface area contributed by atoms with Gasteiger partial charge in [0.05, 0.1) is 19.6 Å². The van der Waals surface area contributed by atoms with Gasteiger partial charge in [0.25, 0.3) is 0 Å². The Morgan fingerprint density at radius 1 is 1.32 bits per heavy atom. The van der Waals surface area contributed by atoms with Gasteiger partial charge in [-0.05, 0) is 61.9 Å². The number of esters is 1. The lowest BCUT2D eigenvalue weighted by molar-refractivity contribution is -0.180. The van der Waals surface area contributed by atoms with Gasteiger partial charge in [0.15, 0.2) is 0 Å². The van der Waals surface area contributed by atoms with E-state index >= 15 is 0 Å². The molecule has 3 unspecified atom stereocenters. The van der Waals surface area contributed by atoms with Crippen molar-refractivity contribution in [2.24, 2.45) is 11.3 Å². The van der Waals surface area contributed by atoms with Crippen molar-refractivity contribution >= 4 is 5.97 Å². The molecule has 3 fully saturated rings. The molecule has 0 radical (unpaired) electrons. The van der Waals surface area contributed by atoms with Gasteiger partial charge in [-0.15, -0.1) is 0 Å². The van der Waals surface area contributed by atoms with Crippen LogP contribution in [0.1, 0.15) is 44.7 Å². The van der Waals surface area contributed by atoms with Crippen LogP contribution >= 0.6 is 0 Å². The predicted molar refractivity (Wildman–Crippen MR) is 96.9 cm³/mol. The fourth-order valence-corrected chi connectivity index (χ4v) is 6.11. The van der Waals surface area contributed by atoms with Gasteiger partial charge in [-0.2, -0.15) is 0 Å². The third-order valence-electron chi connectivity index (χ3n) is 7.65. The Morgan fingerprint density at radius 3 is 2.76 bits per heavy atom. The normalized spacial score (nSPS) is 39.0. The summed E-state index contributed by atoms with van der Waals surface area (Å²) in [7, 11) is 3.93. The molecular formula is C21H29NO3. The smallest absolute Gasteiger partial charge is 0.310 e. The second-order valence-corrected chi connectivity index (χ2v) is 8.49. The highest BCUT2D eigenvalue weighted by Crippen LogP contribution is 2.64. The van der Waals surface area contributed by atoms with Gasteiger partial charge >= 0.3 is 5.97 Å². The summed E-state index contributed by atoms with van der Waals surface area (Å²) in [6, 6.07) is 7.28. The van der Waals surface area contributed by atoms with Gasteiger partial charge in [0.2, 0.25) is 0 Å². The SMILES string of the molecule is CCOC(=O)C1C[C@@]2(C)C3Cc4cc(OC)ccc4[C@@]2(C)CC1N3C. The van der Waals surface area contributed by atoms with Crippen LogP contribution in [0.5, 0.6) is 5.75 Å². The average molecular weight is 343 g/mol. The Hall–Kier alpha value is -1.55. The maximum absolute atomic E-state index is 12.6. The zero-order valence-corrected chi connectivity index (χ0v) is 16.0. The van der Waals surface area contributed by atoms with E-state index < -0.39 is 0 Å². The van der Waals surface area contributed by atoms with Gasteiger partial charge in [0.1, 0.15) is 5.75 Å². The maximum atomic E-state index is 12.6. The molecule has 136 valence electrons. The first-order chi connectivity index (χ1) is 11.9. The first-order valence-electron chi connectivity index (χ1n) is 9.41. The first-order valence-corrected chi connectivity index (χ1v) is 9.41. The van der Waals surface area contributed by atoms with Crippen molar-refractivity contribution < 1.29 is 14.3 Å². The van der Waals surface area contributed by atoms with Crippen LogP contribution in [0.15, 0.2) is 18.2 Å². The number of likely N-dealkylation sites (N-methyl/N-ethyl adjacent to an activating group) is 1. The molecule has 0 aromatic heterocycles. The van der Waals surface area contributed by atoms with Crippen molar-refractivity contribution in [3.05, 3.63) is 29.3 Å². The van der Waals surface area contributed by atoms with Gasteiger partial charge < -0.3 is 9.47 Å². The summed E-state index contributed by atoms with van der Waals surface area (Å²) in [5.74, 6) is 0.922. The van der Waals surface area contributed by atoms with Crippen molar-refractivity contribution in [1.29, 1.82) is 0 Å². The van der Waals surface area contributed by atoms with Crippen molar-refractivity contribution in [2.75, 3.05) is 20.8 Å². The predicted octanol–water partition coefficient (Wildman–Crippen LogP) is 3.17. The second kappa shape index (κ2) is 5.47. The monoisotopic (exact) mass is 343 g/mol. The Labute approximate surface area is 150 Å². The number of ether oxygens (including phenoxy) is 2. The molecule has 2 aliphatic carbocycles. The fraction of sp³-hybridized carbons (Fsp3) is 0.667. The van der Waals surface area contributed by atoms with E-state index in [-0.39, 0.29) is 28.8 Å². The van der Waals surface area contributed by atoms with E-state index in [0.717, 1.165) is 25.0 Å². The number of rotatable bonds is 3. The molecule has 5 rings (SSSR count). The highest BCUT2D eigenvalue weighted by Gasteiger charge is 2.66. The summed E-state index contributed by atoms with van der Waals surface area (Å²) in [6.07, 6.45) is 2.97. The summed E-state index contributed by atoms with van der Waals surface area (Å²) in [5.41, 5.74) is 3.03. The number of benzene rings is 1. The maximum Gasteiger partial charge on any atom is 0.310 e. The standard InChI is InChI=1S/C21H29NO3/c1-6-25-19(23)15-11-21(3)18-10-13-9-14(24-5)7-8-16(13)20(21,2)12-17(15)22(18)4/h7-9,15,17-18H,6,10-12H2,1-5H3/t15?,17?,18?,20-,21+/m1/s1. The van der Waals surface area contributed by atoms with Crippen LogP contribution in [-0.4, -0.2) is 43.7 Å². The Kier molecular flexibility index (Phi) is 3.70. The molecule has 4 aliphatic rings. The number of carbonyl (C=O) groups excluding carboxylic acids is 1. The molecule has 0 N–H and O–H groups in total. The van der Waals surface area contributed by atoms with Crippen LogP contribution in [0.4, 0.5) is 0 Å². The molecule has 2 aliphatic heterocycles. The molecule has 2 heterocycles. The number of carbonyl (C=O) groups is 1. The molecule has 4 nitrogen and oxygen atoms in total. The summed E-state index contributed by atoms with van der Waals surface area (Å²) >= 11 is 0. The van der Waals surface area contributed by atoms with Crippen LogP contribution in [0.25, 0.3) is 0 Å². The highest BCUT2D eigenvalue weighted by molar-refractivity contribution is 5.74. The Bertz CT molecular complexity index is 717. The quantitative estimate of drug-likeness (QED) is 0.790. The van der Waals surface area contributed by atoms with Crippen LogP contribution in [-0.2, 0) is 21.4 Å². The van der Waals surface area contributed by atoms with Crippen LogP contribution < -0.4 is 4.74 Å². The summed E-state index contributed by atoms with van der Waals surface area (Å²) in [6.45, 7) is 7.16. The molecule has 0 amide bonds. The minimum Gasteiger partial charge on any atom is -0.497 e. The van der Waals surface area contributed by atoms with Crippen LogP contribution in [0.3, 0.4) is 0 Å². The van der Waals surface area contributed by atoms with Crippen molar-refractivity contribution in [2.45, 2.75) is 57.5 Å². The average Bonchev–Trinajstić information content (AvgIpc) is 2.59. The fourth-order valence-electron chi connectivity index (χ4n) is 6.11. The number of nitrogens with zero attached hydrogens (tertiary/aromatic N) is 1. The van der Waals surface area contributed by atoms with E-state index in [4.69, 9.17) is 9.47 Å². The van der Waals surface area contributed by atoms with Gasteiger partial charge in [0, 0.05) is 17.5 Å². The van der Waals surface area contributed by atoms with Crippen molar-refractivity contribution in [3.63, 3.8) is 0 Å². The van der Waals surface area contributed by atoms with E-state index in [1.807, 2.05) is 6.92 Å². The topological polar surface area (TPSA) is 38.8 Å². The van der Waals surface area contributed by atoms with Crippen molar-refractivity contribution in [1.82, 2.24) is 4.90 Å². The lowest BCUT2D eigenvalue weighted by atomic mass is 9.42. The molecule has 0 spiro atoms. The number of piperidine rings is 2. The van der Waals surface area contributed by atoms with E-state index in [0.29, 0.717) is 12.6 Å². The minimum absolute atomic E-state index is 0.000858. The number of hydrogen-bond acceptors (Lipinski definition) is 4. The van der Waals surface area contributed by atoms with Gasteiger partial charge in [-0.25, -0.2) is 0 Å². The van der Waals surface area contributed by atoms with Crippen LogP contribution in [0.2, 0.25) is 0 Å². The molecule has 1 aromatic carbocycles. The van der Waals surface area contributed by atoms with Crippen LogP contribution in [0, 0.1) is 11.3 Å². The minimum atomic E-state index is -0.0124. The molecule has 25 heavy (non-hydrogen) atoms. The van der Waals surface area contributed by atoms with E-state index in [1.165, 1.54) is 11.1 Å². The molecule has 4 heteroatoms. The molecular weight excluding hydrogens is 314 g/mol. The zero-order valence-electron chi connectivity index (χ0n) is 16.0. The first kappa shape index (κ1) is 16.9. The van der Waals surface area contributed by atoms with Gasteiger partial charge in [-0.1, -0.05) is 19.9 Å². The molecule has 5 atom stereocenters. The summed E-state index contributed by atoms with van der Waals surface area (Å²) in [5, 5.41) is 0. The number of hydrogen-bond donors (Lipinski definition) is 0. The lowest BCUT2D eigenvalue weighted by Gasteiger charge is -2.69. The highest BCUT2D eigenvalue weighted by atomic mass is 16.5.